The molecule has 0 bridgehead atoms. The third kappa shape index (κ3) is 7.62. The predicted molar refractivity (Wildman–Crippen MR) is 42.9 cm³/mol. The Hall–Kier alpha value is -0.380. The van der Waals surface area contributed by atoms with Gasteiger partial charge in [0.25, 0.3) is 0 Å². The van der Waals surface area contributed by atoms with Gasteiger partial charge in [-0.15, -0.1) is 0 Å². The van der Waals surface area contributed by atoms with Crippen LogP contribution in [0.4, 0.5) is 0 Å². The first-order valence-corrected chi connectivity index (χ1v) is 4.08. The highest BCUT2D eigenvalue weighted by molar-refractivity contribution is 7.99. The standard InChI is InChI=1S/C5H13N3S/c1-2-9-4-3-8-5(6)7/h2-4H2,1H3,(H4,6,7,8). The second-order valence-electron chi connectivity index (χ2n) is 1.54. The van der Waals surface area contributed by atoms with Gasteiger partial charge in [-0.3, -0.25) is 5.41 Å². The van der Waals surface area contributed by atoms with Crippen LogP contribution < -0.4 is 11.1 Å². The van der Waals surface area contributed by atoms with Crippen LogP contribution in [-0.4, -0.2) is 24.0 Å². The molecule has 0 fully saturated rings. The van der Waals surface area contributed by atoms with E-state index in [1.54, 1.807) is 0 Å². The van der Waals surface area contributed by atoms with E-state index in [2.05, 4.69) is 12.2 Å². The summed E-state index contributed by atoms with van der Waals surface area (Å²) >= 11 is 1.84. The van der Waals surface area contributed by atoms with E-state index < -0.39 is 0 Å². The van der Waals surface area contributed by atoms with Crippen LogP contribution in [0.1, 0.15) is 6.92 Å². The summed E-state index contributed by atoms with van der Waals surface area (Å²) in [5, 5.41) is 9.51. The Morgan fingerprint density at radius 2 is 2.44 bits per heavy atom. The molecule has 9 heavy (non-hydrogen) atoms. The molecular weight excluding hydrogens is 134 g/mol. The minimum atomic E-state index is 0.0618. The third-order valence-electron chi connectivity index (χ3n) is 0.766. The first-order chi connectivity index (χ1) is 4.27. The van der Waals surface area contributed by atoms with E-state index >= 15 is 0 Å². The molecule has 0 aromatic carbocycles. The van der Waals surface area contributed by atoms with Gasteiger partial charge in [0.05, 0.1) is 0 Å². The lowest BCUT2D eigenvalue weighted by Crippen LogP contribution is -2.31. The average Bonchev–Trinajstić information content (AvgIpc) is 1.80. The number of guanidine groups is 1. The van der Waals surface area contributed by atoms with Gasteiger partial charge in [-0.2, -0.15) is 11.8 Å². The largest absolute Gasteiger partial charge is 0.370 e. The molecule has 0 saturated heterocycles. The first kappa shape index (κ1) is 8.62. The van der Waals surface area contributed by atoms with Crippen molar-refractivity contribution < 1.29 is 0 Å². The van der Waals surface area contributed by atoms with Crippen LogP contribution in [0.3, 0.4) is 0 Å². The Labute approximate surface area is 59.9 Å². The maximum absolute atomic E-state index is 6.79. The van der Waals surface area contributed by atoms with E-state index in [0.717, 1.165) is 18.1 Å². The number of hydrogen-bond acceptors (Lipinski definition) is 2. The van der Waals surface area contributed by atoms with Gasteiger partial charge in [0.1, 0.15) is 0 Å². The second-order valence-corrected chi connectivity index (χ2v) is 2.93. The minimum absolute atomic E-state index is 0.0618. The van der Waals surface area contributed by atoms with Gasteiger partial charge in [-0.1, -0.05) is 6.92 Å². The van der Waals surface area contributed by atoms with Crippen LogP contribution in [0.5, 0.6) is 0 Å². The molecule has 0 aromatic rings. The number of nitrogens with one attached hydrogen (secondary N) is 2. The van der Waals surface area contributed by atoms with Gasteiger partial charge in [-0.05, 0) is 5.75 Å². The molecule has 0 heterocycles. The lowest BCUT2D eigenvalue weighted by Gasteiger charge is -2.00. The maximum atomic E-state index is 6.79. The zero-order valence-corrected chi connectivity index (χ0v) is 6.42. The van der Waals surface area contributed by atoms with Crippen molar-refractivity contribution in [3.63, 3.8) is 0 Å². The molecule has 0 spiro atoms. The van der Waals surface area contributed by atoms with Crippen LogP contribution in [0.25, 0.3) is 0 Å². The summed E-state index contributed by atoms with van der Waals surface area (Å²) in [5.41, 5.74) is 5.04. The molecule has 54 valence electrons. The van der Waals surface area contributed by atoms with Crippen molar-refractivity contribution in [1.29, 1.82) is 5.41 Å². The van der Waals surface area contributed by atoms with Crippen molar-refractivity contribution in [3.05, 3.63) is 0 Å². The molecule has 0 saturated carbocycles. The summed E-state index contributed by atoms with van der Waals surface area (Å²) in [6, 6.07) is 0. The Balaban J connectivity index is 2.83. The van der Waals surface area contributed by atoms with Crippen LogP contribution in [0.15, 0.2) is 0 Å². The summed E-state index contributed by atoms with van der Waals surface area (Å²) < 4.78 is 0. The van der Waals surface area contributed by atoms with Gasteiger partial charge in [0.15, 0.2) is 5.96 Å². The van der Waals surface area contributed by atoms with E-state index in [9.17, 15) is 0 Å². The number of thioether (sulfide) groups is 1. The Morgan fingerprint density at radius 3 is 2.89 bits per heavy atom. The van der Waals surface area contributed by atoms with E-state index in [0.29, 0.717) is 0 Å². The predicted octanol–water partition coefficient (Wildman–Crippen LogP) is 0.223. The quantitative estimate of drug-likeness (QED) is 0.303. The van der Waals surface area contributed by atoms with Gasteiger partial charge in [0.2, 0.25) is 0 Å². The van der Waals surface area contributed by atoms with E-state index in [1.807, 2.05) is 11.8 Å². The van der Waals surface area contributed by atoms with E-state index in [-0.39, 0.29) is 5.96 Å². The van der Waals surface area contributed by atoms with Crippen LogP contribution in [0.2, 0.25) is 0 Å². The molecule has 3 nitrogen and oxygen atoms in total. The molecule has 0 aliphatic heterocycles. The summed E-state index contributed by atoms with van der Waals surface area (Å²) in [6.07, 6.45) is 0. The van der Waals surface area contributed by atoms with Gasteiger partial charge in [0, 0.05) is 12.3 Å². The van der Waals surface area contributed by atoms with Crippen molar-refractivity contribution in [3.8, 4) is 0 Å². The molecular formula is C5H13N3S. The Kier molecular flexibility index (Phi) is 5.51. The fourth-order valence-electron chi connectivity index (χ4n) is 0.402. The fraction of sp³-hybridized carbons (Fsp3) is 0.800. The molecule has 0 aromatic heterocycles. The molecule has 0 atom stereocenters. The molecule has 0 aliphatic rings. The normalized spacial score (nSPS) is 9.00. The number of rotatable bonds is 4. The SMILES string of the molecule is CCSCCNC(=N)N. The molecule has 0 amide bonds. The molecule has 0 radical (unpaired) electrons. The van der Waals surface area contributed by atoms with E-state index in [4.69, 9.17) is 11.1 Å². The molecule has 0 rings (SSSR count). The van der Waals surface area contributed by atoms with Crippen molar-refractivity contribution in [2.45, 2.75) is 6.92 Å². The van der Waals surface area contributed by atoms with Crippen molar-refractivity contribution in [2.75, 3.05) is 18.1 Å². The van der Waals surface area contributed by atoms with Crippen LogP contribution in [0, 0.1) is 5.41 Å². The number of nitrogens with two attached hydrogens (primary N) is 1. The summed E-state index contributed by atoms with van der Waals surface area (Å²) in [5.74, 6) is 2.21. The fourth-order valence-corrected chi connectivity index (χ4v) is 0.937. The highest BCUT2D eigenvalue weighted by Crippen LogP contribution is 1.94. The maximum Gasteiger partial charge on any atom is 0.185 e. The van der Waals surface area contributed by atoms with Gasteiger partial charge in [-0.25, -0.2) is 0 Å². The van der Waals surface area contributed by atoms with Crippen LogP contribution >= 0.6 is 11.8 Å². The minimum Gasteiger partial charge on any atom is -0.370 e. The molecule has 4 heteroatoms. The summed E-state index contributed by atoms with van der Waals surface area (Å²) in [7, 11) is 0. The van der Waals surface area contributed by atoms with Crippen molar-refractivity contribution in [1.82, 2.24) is 5.32 Å². The second kappa shape index (κ2) is 5.75. The number of hydrogen-bond donors (Lipinski definition) is 3. The van der Waals surface area contributed by atoms with Crippen molar-refractivity contribution in [2.24, 2.45) is 5.73 Å². The Bertz CT molecular complexity index is 84.3. The average molecular weight is 147 g/mol. The highest BCUT2D eigenvalue weighted by Gasteiger charge is 1.85. The monoisotopic (exact) mass is 147 g/mol. The lowest BCUT2D eigenvalue weighted by atomic mass is 10.7. The van der Waals surface area contributed by atoms with Crippen molar-refractivity contribution >= 4 is 17.7 Å². The smallest absolute Gasteiger partial charge is 0.185 e. The zero-order chi connectivity index (χ0) is 7.11. The molecule has 0 unspecified atom stereocenters. The van der Waals surface area contributed by atoms with E-state index in [1.165, 1.54) is 0 Å². The topological polar surface area (TPSA) is 61.9 Å². The summed E-state index contributed by atoms with van der Waals surface area (Å²) in [4.78, 5) is 0. The first-order valence-electron chi connectivity index (χ1n) is 2.93. The van der Waals surface area contributed by atoms with Gasteiger partial charge >= 0.3 is 0 Å². The molecule has 0 aliphatic carbocycles. The third-order valence-corrected chi connectivity index (χ3v) is 1.67. The zero-order valence-electron chi connectivity index (χ0n) is 5.61. The highest BCUT2D eigenvalue weighted by atomic mass is 32.2. The van der Waals surface area contributed by atoms with Crippen LogP contribution in [-0.2, 0) is 0 Å². The summed E-state index contributed by atoms with van der Waals surface area (Å²) in [6.45, 7) is 2.91. The van der Waals surface area contributed by atoms with Gasteiger partial charge < -0.3 is 11.1 Å². The Morgan fingerprint density at radius 1 is 1.78 bits per heavy atom. The molecule has 4 N–H and O–H groups in total. The lowest BCUT2D eigenvalue weighted by molar-refractivity contribution is 0.955.